The van der Waals surface area contributed by atoms with Crippen LogP contribution in [0.15, 0.2) is 110 Å². The Bertz CT molecular complexity index is 1350. The van der Waals surface area contributed by atoms with Crippen LogP contribution >= 0.6 is 0 Å². The highest BCUT2D eigenvalue weighted by molar-refractivity contribution is 5.88. The van der Waals surface area contributed by atoms with Gasteiger partial charge in [-0.2, -0.15) is 5.10 Å². The van der Waals surface area contributed by atoms with Crippen molar-refractivity contribution in [2.75, 3.05) is 0 Å². The van der Waals surface area contributed by atoms with Crippen LogP contribution in [0.3, 0.4) is 0 Å². The molecule has 0 spiro atoms. The summed E-state index contributed by atoms with van der Waals surface area (Å²) in [6.45, 7) is 6.80. The SMILES string of the molecule is CC(C)(C)c1cc(-n2cncn2)cc(-c2ccc(-c3ccccc3)cc2)c1-c1ccccc1. The van der Waals surface area contributed by atoms with Crippen LogP contribution in [0.25, 0.3) is 39.1 Å². The summed E-state index contributed by atoms with van der Waals surface area (Å²) in [6.07, 6.45) is 3.34. The van der Waals surface area contributed by atoms with Crippen LogP contribution in [0.1, 0.15) is 26.3 Å². The molecule has 162 valence electrons. The van der Waals surface area contributed by atoms with Gasteiger partial charge in [-0.1, -0.05) is 106 Å². The summed E-state index contributed by atoms with van der Waals surface area (Å²) in [4.78, 5) is 4.17. The number of hydrogen-bond acceptors (Lipinski definition) is 2. The smallest absolute Gasteiger partial charge is 0.138 e. The minimum atomic E-state index is -0.0551. The molecule has 0 radical (unpaired) electrons. The van der Waals surface area contributed by atoms with Crippen LogP contribution in [0.4, 0.5) is 0 Å². The van der Waals surface area contributed by atoms with Crippen LogP contribution in [0, 0.1) is 0 Å². The summed E-state index contributed by atoms with van der Waals surface area (Å²) in [5.74, 6) is 0. The van der Waals surface area contributed by atoms with Crippen molar-refractivity contribution in [1.29, 1.82) is 0 Å². The lowest BCUT2D eigenvalue weighted by Crippen LogP contribution is -2.15. The standard InChI is InChI=1S/C30H27N3/c1-30(2,3)28-19-26(33-21-31-20-32-33)18-27(29(28)25-12-8-5-9-13-25)24-16-14-23(15-17-24)22-10-6-4-7-11-22/h4-21H,1-3H3. The third-order valence-electron chi connectivity index (χ3n) is 5.98. The van der Waals surface area contributed by atoms with Crippen molar-refractivity contribution >= 4 is 0 Å². The lowest BCUT2D eigenvalue weighted by Gasteiger charge is -2.27. The molecule has 33 heavy (non-hydrogen) atoms. The van der Waals surface area contributed by atoms with Gasteiger partial charge in [0, 0.05) is 0 Å². The first-order valence-corrected chi connectivity index (χ1v) is 11.3. The average molecular weight is 430 g/mol. The molecule has 0 aliphatic carbocycles. The van der Waals surface area contributed by atoms with Gasteiger partial charge in [-0.25, -0.2) is 9.67 Å². The number of aromatic nitrogens is 3. The first kappa shape index (κ1) is 20.9. The molecule has 0 aliphatic heterocycles. The van der Waals surface area contributed by atoms with Crippen LogP contribution in [-0.4, -0.2) is 14.8 Å². The fraction of sp³-hybridized carbons (Fsp3) is 0.133. The summed E-state index contributed by atoms with van der Waals surface area (Å²) in [6, 6.07) is 34.5. The molecule has 0 saturated heterocycles. The zero-order valence-corrected chi connectivity index (χ0v) is 19.2. The van der Waals surface area contributed by atoms with Gasteiger partial charge in [-0.05, 0) is 56.5 Å². The number of benzene rings is 4. The molecule has 5 rings (SSSR count). The van der Waals surface area contributed by atoms with Gasteiger partial charge in [0.05, 0.1) is 5.69 Å². The van der Waals surface area contributed by atoms with E-state index in [-0.39, 0.29) is 5.41 Å². The number of rotatable bonds is 4. The topological polar surface area (TPSA) is 30.7 Å². The van der Waals surface area contributed by atoms with E-state index in [1.807, 2.05) is 10.7 Å². The van der Waals surface area contributed by atoms with Gasteiger partial charge < -0.3 is 0 Å². The molecule has 0 aliphatic rings. The molecule has 0 saturated carbocycles. The quantitative estimate of drug-likeness (QED) is 0.295. The second-order valence-electron chi connectivity index (χ2n) is 9.32. The van der Waals surface area contributed by atoms with Gasteiger partial charge in [-0.3, -0.25) is 0 Å². The maximum Gasteiger partial charge on any atom is 0.138 e. The minimum Gasteiger partial charge on any atom is -0.223 e. The van der Waals surface area contributed by atoms with Crippen molar-refractivity contribution in [3.05, 3.63) is 115 Å². The van der Waals surface area contributed by atoms with E-state index in [0.717, 1.165) is 5.69 Å². The first-order valence-electron chi connectivity index (χ1n) is 11.3. The zero-order chi connectivity index (χ0) is 22.8. The van der Waals surface area contributed by atoms with E-state index in [2.05, 4.69) is 122 Å². The van der Waals surface area contributed by atoms with Crippen LogP contribution in [-0.2, 0) is 5.41 Å². The minimum absolute atomic E-state index is 0.0551. The van der Waals surface area contributed by atoms with Gasteiger partial charge in [0.15, 0.2) is 0 Å². The molecule has 0 unspecified atom stereocenters. The zero-order valence-electron chi connectivity index (χ0n) is 19.2. The third kappa shape index (κ3) is 4.22. The fourth-order valence-corrected chi connectivity index (χ4v) is 4.31. The maximum absolute atomic E-state index is 4.41. The Balaban J connectivity index is 1.75. The van der Waals surface area contributed by atoms with Gasteiger partial charge >= 0.3 is 0 Å². The lowest BCUT2D eigenvalue weighted by atomic mass is 9.78. The largest absolute Gasteiger partial charge is 0.223 e. The van der Waals surface area contributed by atoms with Gasteiger partial charge in [0.25, 0.3) is 0 Å². The molecule has 3 heteroatoms. The Morgan fingerprint density at radius 3 is 1.79 bits per heavy atom. The first-order chi connectivity index (χ1) is 16.0. The Morgan fingerprint density at radius 1 is 0.636 bits per heavy atom. The maximum atomic E-state index is 4.41. The normalized spacial score (nSPS) is 11.5. The monoisotopic (exact) mass is 429 g/mol. The van der Waals surface area contributed by atoms with E-state index in [9.17, 15) is 0 Å². The van der Waals surface area contributed by atoms with Gasteiger partial charge in [0.2, 0.25) is 0 Å². The second kappa shape index (κ2) is 8.51. The Labute approximate surface area is 195 Å². The van der Waals surface area contributed by atoms with E-state index in [0.29, 0.717) is 0 Å². The van der Waals surface area contributed by atoms with Crippen molar-refractivity contribution in [2.24, 2.45) is 0 Å². The highest BCUT2D eigenvalue weighted by atomic mass is 15.3. The summed E-state index contributed by atoms with van der Waals surface area (Å²) in [5.41, 5.74) is 9.53. The molecule has 4 aromatic carbocycles. The van der Waals surface area contributed by atoms with Crippen molar-refractivity contribution < 1.29 is 0 Å². The Morgan fingerprint density at radius 2 is 1.21 bits per heavy atom. The van der Waals surface area contributed by atoms with Crippen molar-refractivity contribution in [3.8, 4) is 39.1 Å². The van der Waals surface area contributed by atoms with E-state index in [1.54, 1.807) is 12.7 Å². The molecule has 0 N–H and O–H groups in total. The molecule has 1 heterocycles. The lowest BCUT2D eigenvalue weighted by molar-refractivity contribution is 0.591. The molecule has 5 aromatic rings. The molecular formula is C30H27N3. The predicted octanol–water partition coefficient (Wildman–Crippen LogP) is 7.57. The highest BCUT2D eigenvalue weighted by Crippen LogP contribution is 2.42. The fourth-order valence-electron chi connectivity index (χ4n) is 4.31. The summed E-state index contributed by atoms with van der Waals surface area (Å²) in [5, 5.41) is 4.41. The molecule has 1 aromatic heterocycles. The summed E-state index contributed by atoms with van der Waals surface area (Å²) in [7, 11) is 0. The molecular weight excluding hydrogens is 402 g/mol. The van der Waals surface area contributed by atoms with Crippen molar-refractivity contribution in [3.63, 3.8) is 0 Å². The summed E-state index contributed by atoms with van der Waals surface area (Å²) < 4.78 is 1.84. The molecule has 0 amide bonds. The predicted molar refractivity (Wildman–Crippen MR) is 136 cm³/mol. The molecule has 0 atom stereocenters. The third-order valence-corrected chi connectivity index (χ3v) is 5.98. The molecule has 3 nitrogen and oxygen atoms in total. The van der Waals surface area contributed by atoms with Crippen molar-refractivity contribution in [1.82, 2.24) is 14.8 Å². The van der Waals surface area contributed by atoms with E-state index in [1.165, 1.54) is 38.9 Å². The Kier molecular flexibility index (Phi) is 5.39. The van der Waals surface area contributed by atoms with E-state index < -0.39 is 0 Å². The van der Waals surface area contributed by atoms with E-state index in [4.69, 9.17) is 0 Å². The van der Waals surface area contributed by atoms with Crippen molar-refractivity contribution in [2.45, 2.75) is 26.2 Å². The van der Waals surface area contributed by atoms with Crippen LogP contribution in [0.5, 0.6) is 0 Å². The molecule has 0 bridgehead atoms. The van der Waals surface area contributed by atoms with Gasteiger partial charge in [-0.15, -0.1) is 0 Å². The molecule has 0 fully saturated rings. The highest BCUT2D eigenvalue weighted by Gasteiger charge is 2.24. The second-order valence-corrected chi connectivity index (χ2v) is 9.32. The number of nitrogens with zero attached hydrogens (tertiary/aromatic N) is 3. The van der Waals surface area contributed by atoms with Crippen LogP contribution < -0.4 is 0 Å². The Hall–Kier alpha value is -3.98. The summed E-state index contributed by atoms with van der Waals surface area (Å²) >= 11 is 0. The average Bonchev–Trinajstić information content (AvgIpc) is 3.39. The van der Waals surface area contributed by atoms with Crippen LogP contribution in [0.2, 0.25) is 0 Å². The number of hydrogen-bond donors (Lipinski definition) is 0. The van der Waals surface area contributed by atoms with Gasteiger partial charge in [0.1, 0.15) is 12.7 Å². The van der Waals surface area contributed by atoms with E-state index >= 15 is 0 Å².